The van der Waals surface area contributed by atoms with Crippen molar-refractivity contribution in [1.82, 2.24) is 15.5 Å². The predicted molar refractivity (Wildman–Crippen MR) is 60.2 cm³/mol. The normalized spacial score (nSPS) is 13.7. The maximum absolute atomic E-state index is 12.2. The molecule has 18 heavy (non-hydrogen) atoms. The summed E-state index contributed by atoms with van der Waals surface area (Å²) in [5.74, 6) is -0.131. The Kier molecular flexibility index (Phi) is 4.89. The molecule has 1 atom stereocenters. The Morgan fingerprint density at radius 2 is 1.89 bits per heavy atom. The van der Waals surface area contributed by atoms with Gasteiger partial charge in [0.2, 0.25) is 5.88 Å². The van der Waals surface area contributed by atoms with Crippen molar-refractivity contribution in [3.05, 3.63) is 17.8 Å². The fourth-order valence-corrected chi connectivity index (χ4v) is 1.06. The zero-order valence-electron chi connectivity index (χ0n) is 10.5. The molecule has 0 aliphatic carbocycles. The monoisotopic (exact) mass is 263 g/mol. The lowest BCUT2D eigenvalue weighted by atomic mass is 10.3. The quantitative estimate of drug-likeness (QED) is 0.885. The number of halogens is 3. The van der Waals surface area contributed by atoms with E-state index in [1.165, 1.54) is 6.07 Å². The van der Waals surface area contributed by atoms with Crippen LogP contribution in [0.3, 0.4) is 0 Å². The van der Waals surface area contributed by atoms with Crippen LogP contribution in [0.2, 0.25) is 0 Å². The molecule has 1 heterocycles. The zero-order valence-corrected chi connectivity index (χ0v) is 10.5. The van der Waals surface area contributed by atoms with E-state index in [9.17, 15) is 13.2 Å². The van der Waals surface area contributed by atoms with Crippen LogP contribution >= 0.6 is 0 Å². The van der Waals surface area contributed by atoms with Gasteiger partial charge in [-0.3, -0.25) is 0 Å². The summed E-state index contributed by atoms with van der Waals surface area (Å²) in [6.45, 7) is 5.40. The van der Waals surface area contributed by atoms with E-state index in [2.05, 4.69) is 20.3 Å². The molecular formula is C11H16F3N3O. The summed E-state index contributed by atoms with van der Waals surface area (Å²) in [6, 6.07) is 3.26. The minimum Gasteiger partial charge on any atom is -0.464 e. The molecule has 1 N–H and O–H groups in total. The molecule has 0 saturated heterocycles. The van der Waals surface area contributed by atoms with Gasteiger partial charge in [-0.15, -0.1) is 5.10 Å². The minimum absolute atomic E-state index is 0.131. The second-order valence-electron chi connectivity index (χ2n) is 4.20. The second kappa shape index (κ2) is 5.99. The summed E-state index contributed by atoms with van der Waals surface area (Å²) in [6.07, 6.45) is -6.30. The van der Waals surface area contributed by atoms with Gasteiger partial charge >= 0.3 is 6.18 Å². The van der Waals surface area contributed by atoms with E-state index >= 15 is 0 Å². The van der Waals surface area contributed by atoms with Gasteiger partial charge < -0.3 is 10.1 Å². The highest BCUT2D eigenvalue weighted by atomic mass is 19.4. The van der Waals surface area contributed by atoms with Gasteiger partial charge in [0.15, 0.2) is 6.10 Å². The van der Waals surface area contributed by atoms with E-state index in [0.717, 1.165) is 6.92 Å². The smallest absolute Gasteiger partial charge is 0.425 e. The average molecular weight is 263 g/mol. The van der Waals surface area contributed by atoms with Crippen LogP contribution in [-0.4, -0.2) is 28.5 Å². The first-order valence-electron chi connectivity index (χ1n) is 5.58. The van der Waals surface area contributed by atoms with E-state index in [1.54, 1.807) is 6.07 Å². The lowest BCUT2D eigenvalue weighted by molar-refractivity contribution is -0.190. The van der Waals surface area contributed by atoms with Gasteiger partial charge in [-0.25, -0.2) is 0 Å². The van der Waals surface area contributed by atoms with Crippen LogP contribution in [0.5, 0.6) is 5.88 Å². The zero-order chi connectivity index (χ0) is 13.8. The van der Waals surface area contributed by atoms with Crippen LogP contribution in [0, 0.1) is 0 Å². The summed E-state index contributed by atoms with van der Waals surface area (Å²) < 4.78 is 41.4. The van der Waals surface area contributed by atoms with E-state index < -0.39 is 12.3 Å². The Morgan fingerprint density at radius 3 is 2.33 bits per heavy atom. The van der Waals surface area contributed by atoms with Crippen molar-refractivity contribution < 1.29 is 17.9 Å². The summed E-state index contributed by atoms with van der Waals surface area (Å²) in [5.41, 5.74) is 0.649. The fourth-order valence-electron chi connectivity index (χ4n) is 1.06. The van der Waals surface area contributed by atoms with Crippen molar-refractivity contribution >= 4 is 0 Å². The molecule has 1 aromatic heterocycles. The van der Waals surface area contributed by atoms with Gasteiger partial charge in [0.25, 0.3) is 0 Å². The molecule has 4 nitrogen and oxygen atoms in total. The van der Waals surface area contributed by atoms with Gasteiger partial charge in [-0.05, 0) is 13.0 Å². The largest absolute Gasteiger partial charge is 0.464 e. The van der Waals surface area contributed by atoms with Gasteiger partial charge in [-0.2, -0.15) is 18.3 Å². The van der Waals surface area contributed by atoms with Crippen LogP contribution in [0.1, 0.15) is 26.5 Å². The average Bonchev–Trinajstić information content (AvgIpc) is 2.26. The van der Waals surface area contributed by atoms with Crippen LogP contribution in [0.25, 0.3) is 0 Å². The molecule has 0 bridgehead atoms. The van der Waals surface area contributed by atoms with Crippen LogP contribution < -0.4 is 10.1 Å². The molecule has 0 fully saturated rings. The molecule has 102 valence electrons. The van der Waals surface area contributed by atoms with E-state index in [-0.39, 0.29) is 5.88 Å². The Balaban J connectivity index is 2.55. The summed E-state index contributed by atoms with van der Waals surface area (Å²) >= 11 is 0. The highest BCUT2D eigenvalue weighted by Gasteiger charge is 2.38. The Labute approximate surface area is 104 Å². The molecule has 0 spiro atoms. The molecule has 1 aromatic rings. The van der Waals surface area contributed by atoms with Crippen LogP contribution in [-0.2, 0) is 6.54 Å². The van der Waals surface area contributed by atoms with Gasteiger partial charge in [-0.1, -0.05) is 13.8 Å². The van der Waals surface area contributed by atoms with Gasteiger partial charge in [0.1, 0.15) is 0 Å². The number of aromatic nitrogens is 2. The van der Waals surface area contributed by atoms with Crippen molar-refractivity contribution in [2.75, 3.05) is 0 Å². The maximum Gasteiger partial charge on any atom is 0.425 e. The third-order valence-electron chi connectivity index (χ3n) is 2.15. The molecule has 0 aliphatic rings. The van der Waals surface area contributed by atoms with Gasteiger partial charge in [0, 0.05) is 18.7 Å². The lowest BCUT2D eigenvalue weighted by Crippen LogP contribution is -2.31. The van der Waals surface area contributed by atoms with E-state index in [4.69, 9.17) is 0 Å². The molecule has 7 heteroatoms. The SMILES string of the molecule is CC(C)NCc1ccc(OC(C)C(F)(F)F)nn1. The summed E-state index contributed by atoms with van der Waals surface area (Å²) in [5, 5.41) is 10.5. The summed E-state index contributed by atoms with van der Waals surface area (Å²) in [7, 11) is 0. The number of nitrogens with zero attached hydrogens (tertiary/aromatic N) is 2. The highest BCUT2D eigenvalue weighted by molar-refractivity contribution is 5.11. The molecule has 0 aromatic carbocycles. The number of ether oxygens (including phenoxy) is 1. The molecule has 0 radical (unpaired) electrons. The van der Waals surface area contributed by atoms with Crippen LogP contribution in [0.15, 0.2) is 12.1 Å². The molecule has 1 unspecified atom stereocenters. The Bertz CT molecular complexity index is 365. The fraction of sp³-hybridized carbons (Fsp3) is 0.636. The highest BCUT2D eigenvalue weighted by Crippen LogP contribution is 2.23. The molecule has 1 rings (SSSR count). The number of nitrogens with one attached hydrogen (secondary N) is 1. The van der Waals surface area contributed by atoms with Crippen LogP contribution in [0.4, 0.5) is 13.2 Å². The molecule has 0 saturated carbocycles. The molecule has 0 amide bonds. The third-order valence-corrected chi connectivity index (χ3v) is 2.15. The molecular weight excluding hydrogens is 247 g/mol. The first-order valence-corrected chi connectivity index (χ1v) is 5.58. The minimum atomic E-state index is -4.40. The van der Waals surface area contributed by atoms with Crippen molar-refractivity contribution in [3.63, 3.8) is 0 Å². The van der Waals surface area contributed by atoms with Crippen molar-refractivity contribution in [2.45, 2.75) is 45.6 Å². The van der Waals surface area contributed by atoms with Crippen molar-refractivity contribution in [2.24, 2.45) is 0 Å². The number of alkyl halides is 3. The first kappa shape index (κ1) is 14.7. The van der Waals surface area contributed by atoms with E-state index in [1.807, 2.05) is 13.8 Å². The topological polar surface area (TPSA) is 47.0 Å². The standard InChI is InChI=1S/C11H16F3N3O/c1-7(2)15-6-9-4-5-10(17-16-9)18-8(3)11(12,13)14/h4-5,7-8,15H,6H2,1-3H3. The van der Waals surface area contributed by atoms with Crippen molar-refractivity contribution in [1.29, 1.82) is 0 Å². The Hall–Kier alpha value is -1.37. The summed E-state index contributed by atoms with van der Waals surface area (Å²) in [4.78, 5) is 0. The molecule has 0 aliphatic heterocycles. The predicted octanol–water partition coefficient (Wildman–Crippen LogP) is 2.30. The van der Waals surface area contributed by atoms with E-state index in [0.29, 0.717) is 18.3 Å². The lowest BCUT2D eigenvalue weighted by Gasteiger charge is -2.16. The maximum atomic E-state index is 12.2. The van der Waals surface area contributed by atoms with Gasteiger partial charge in [0.05, 0.1) is 5.69 Å². The second-order valence-corrected chi connectivity index (χ2v) is 4.20. The number of rotatable bonds is 5. The van der Waals surface area contributed by atoms with Crippen molar-refractivity contribution in [3.8, 4) is 5.88 Å². The third kappa shape index (κ3) is 4.87. The Morgan fingerprint density at radius 1 is 1.22 bits per heavy atom. The number of hydrogen-bond acceptors (Lipinski definition) is 4. The number of hydrogen-bond donors (Lipinski definition) is 1. The first-order chi connectivity index (χ1) is 8.29.